The van der Waals surface area contributed by atoms with Crippen LogP contribution in [-0.2, 0) is 6.54 Å². The maximum absolute atomic E-state index is 12.6. The van der Waals surface area contributed by atoms with Gasteiger partial charge in [-0.2, -0.15) is 0 Å². The molecule has 3 aromatic rings. The van der Waals surface area contributed by atoms with E-state index in [1.807, 2.05) is 60.1 Å². The summed E-state index contributed by atoms with van der Waals surface area (Å²) in [4.78, 5) is 20.0. The van der Waals surface area contributed by atoms with Crippen molar-refractivity contribution in [1.82, 2.24) is 10.3 Å². The van der Waals surface area contributed by atoms with E-state index in [1.165, 1.54) is 11.3 Å². The van der Waals surface area contributed by atoms with Crippen molar-refractivity contribution in [2.24, 2.45) is 0 Å². The molecule has 5 heteroatoms. The van der Waals surface area contributed by atoms with Crippen molar-refractivity contribution in [2.75, 3.05) is 18.0 Å². The Morgan fingerprint density at radius 3 is 2.50 bits per heavy atom. The van der Waals surface area contributed by atoms with Crippen LogP contribution in [0.4, 0.5) is 5.82 Å². The van der Waals surface area contributed by atoms with Gasteiger partial charge in [0.15, 0.2) is 0 Å². The van der Waals surface area contributed by atoms with E-state index < -0.39 is 0 Å². The average molecular weight is 366 g/mol. The zero-order chi connectivity index (χ0) is 18.4. The first-order chi connectivity index (χ1) is 12.7. The van der Waals surface area contributed by atoms with Crippen molar-refractivity contribution >= 4 is 23.1 Å². The summed E-state index contributed by atoms with van der Waals surface area (Å²) in [7, 11) is 0. The van der Waals surface area contributed by atoms with Gasteiger partial charge in [-0.3, -0.25) is 4.79 Å². The summed E-state index contributed by atoms with van der Waals surface area (Å²) in [5, 5.41) is 4.96. The SMILES string of the molecule is CCN(CC)c1ccc(CNC(=O)c2sccc2-c2ccccc2)cn1. The van der Waals surface area contributed by atoms with Gasteiger partial charge >= 0.3 is 0 Å². The fourth-order valence-electron chi connectivity index (χ4n) is 2.85. The lowest BCUT2D eigenvalue weighted by Crippen LogP contribution is -2.24. The normalized spacial score (nSPS) is 10.5. The number of thiophene rings is 1. The topological polar surface area (TPSA) is 45.2 Å². The van der Waals surface area contributed by atoms with Crippen LogP contribution < -0.4 is 10.2 Å². The third-order valence-electron chi connectivity index (χ3n) is 4.31. The quantitative estimate of drug-likeness (QED) is 0.666. The molecular formula is C21H23N3OS. The van der Waals surface area contributed by atoms with Crippen LogP contribution >= 0.6 is 11.3 Å². The number of rotatable bonds is 7. The fraction of sp³-hybridized carbons (Fsp3) is 0.238. The maximum atomic E-state index is 12.6. The zero-order valence-corrected chi connectivity index (χ0v) is 15.9. The predicted molar refractivity (Wildman–Crippen MR) is 109 cm³/mol. The molecule has 1 amide bonds. The number of carbonyl (C=O) groups excluding carboxylic acids is 1. The molecule has 0 aliphatic heterocycles. The number of nitrogens with zero attached hydrogens (tertiary/aromatic N) is 2. The Hall–Kier alpha value is -2.66. The Labute approximate surface area is 158 Å². The van der Waals surface area contributed by atoms with Crippen LogP contribution in [-0.4, -0.2) is 24.0 Å². The van der Waals surface area contributed by atoms with Gasteiger partial charge in [-0.25, -0.2) is 4.98 Å². The van der Waals surface area contributed by atoms with E-state index in [9.17, 15) is 4.79 Å². The van der Waals surface area contributed by atoms with Gasteiger partial charge in [0.2, 0.25) is 0 Å². The van der Waals surface area contributed by atoms with Crippen LogP contribution in [0.2, 0.25) is 0 Å². The molecule has 0 aliphatic carbocycles. The molecule has 3 rings (SSSR count). The standard InChI is InChI=1S/C21H23N3OS/c1-3-24(4-2)19-11-10-16(14-22-19)15-23-21(25)20-18(12-13-26-20)17-8-6-5-7-9-17/h5-14H,3-4,15H2,1-2H3,(H,23,25). The number of aromatic nitrogens is 1. The zero-order valence-electron chi connectivity index (χ0n) is 15.1. The molecule has 0 bridgehead atoms. The summed E-state index contributed by atoms with van der Waals surface area (Å²) in [6.07, 6.45) is 1.83. The Bertz CT molecular complexity index is 839. The molecule has 2 aromatic heterocycles. The van der Waals surface area contributed by atoms with Crippen molar-refractivity contribution in [3.63, 3.8) is 0 Å². The molecule has 2 heterocycles. The van der Waals surface area contributed by atoms with Gasteiger partial charge in [-0.05, 0) is 42.5 Å². The van der Waals surface area contributed by atoms with Gasteiger partial charge in [0, 0.05) is 31.4 Å². The molecule has 134 valence electrons. The lowest BCUT2D eigenvalue weighted by Gasteiger charge is -2.19. The van der Waals surface area contributed by atoms with Gasteiger partial charge in [-0.1, -0.05) is 36.4 Å². The summed E-state index contributed by atoms with van der Waals surface area (Å²) >= 11 is 1.47. The first-order valence-corrected chi connectivity index (χ1v) is 9.71. The molecule has 1 N–H and O–H groups in total. The van der Waals surface area contributed by atoms with Crippen LogP contribution in [0.3, 0.4) is 0 Å². The van der Waals surface area contributed by atoms with Gasteiger partial charge in [0.25, 0.3) is 5.91 Å². The molecule has 0 fully saturated rings. The lowest BCUT2D eigenvalue weighted by atomic mass is 10.1. The van der Waals surface area contributed by atoms with E-state index in [-0.39, 0.29) is 5.91 Å². The molecule has 0 radical (unpaired) electrons. The van der Waals surface area contributed by atoms with E-state index in [1.54, 1.807) is 0 Å². The van der Waals surface area contributed by atoms with Crippen LogP contribution in [0.15, 0.2) is 60.1 Å². The first-order valence-electron chi connectivity index (χ1n) is 8.84. The molecule has 0 spiro atoms. The van der Waals surface area contributed by atoms with E-state index in [0.717, 1.165) is 40.5 Å². The summed E-state index contributed by atoms with van der Waals surface area (Å²) < 4.78 is 0. The van der Waals surface area contributed by atoms with Gasteiger partial charge in [-0.15, -0.1) is 11.3 Å². The van der Waals surface area contributed by atoms with Crippen molar-refractivity contribution in [3.05, 3.63) is 70.5 Å². The third-order valence-corrected chi connectivity index (χ3v) is 5.22. The number of carbonyl (C=O) groups is 1. The number of hydrogen-bond acceptors (Lipinski definition) is 4. The minimum atomic E-state index is -0.0494. The second kappa shape index (κ2) is 8.63. The number of pyridine rings is 1. The number of benzene rings is 1. The molecule has 26 heavy (non-hydrogen) atoms. The first kappa shape index (κ1) is 18.1. The highest BCUT2D eigenvalue weighted by atomic mass is 32.1. The van der Waals surface area contributed by atoms with Crippen molar-refractivity contribution in [3.8, 4) is 11.1 Å². The van der Waals surface area contributed by atoms with E-state index in [2.05, 4.69) is 29.0 Å². The minimum Gasteiger partial charge on any atom is -0.357 e. The minimum absolute atomic E-state index is 0.0494. The van der Waals surface area contributed by atoms with Gasteiger partial charge in [0.05, 0.1) is 4.88 Å². The van der Waals surface area contributed by atoms with Crippen LogP contribution in [0.25, 0.3) is 11.1 Å². The van der Waals surface area contributed by atoms with Crippen LogP contribution in [0, 0.1) is 0 Å². The molecule has 0 saturated carbocycles. The summed E-state index contributed by atoms with van der Waals surface area (Å²) in [6.45, 7) is 6.56. The van der Waals surface area contributed by atoms with Crippen molar-refractivity contribution in [2.45, 2.75) is 20.4 Å². The Morgan fingerprint density at radius 2 is 1.85 bits per heavy atom. The van der Waals surface area contributed by atoms with Gasteiger partial charge in [0.1, 0.15) is 5.82 Å². The largest absolute Gasteiger partial charge is 0.357 e. The lowest BCUT2D eigenvalue weighted by molar-refractivity contribution is 0.0955. The van der Waals surface area contributed by atoms with E-state index in [0.29, 0.717) is 6.54 Å². The molecule has 0 aliphatic rings. The molecule has 0 unspecified atom stereocenters. The maximum Gasteiger partial charge on any atom is 0.262 e. The van der Waals surface area contributed by atoms with E-state index in [4.69, 9.17) is 0 Å². The highest BCUT2D eigenvalue weighted by Crippen LogP contribution is 2.28. The molecule has 0 atom stereocenters. The average Bonchev–Trinajstić information content (AvgIpc) is 3.19. The number of anilines is 1. The number of amides is 1. The fourth-order valence-corrected chi connectivity index (χ4v) is 3.68. The summed E-state index contributed by atoms with van der Waals surface area (Å²) in [6, 6.07) is 16.0. The second-order valence-corrected chi connectivity index (χ2v) is 6.83. The molecular weight excluding hydrogens is 342 g/mol. The summed E-state index contributed by atoms with van der Waals surface area (Å²) in [5.74, 6) is 0.918. The Kier molecular flexibility index (Phi) is 6.02. The predicted octanol–water partition coefficient (Wildman–Crippen LogP) is 4.59. The van der Waals surface area contributed by atoms with Crippen molar-refractivity contribution < 1.29 is 4.79 Å². The third kappa shape index (κ3) is 4.11. The summed E-state index contributed by atoms with van der Waals surface area (Å²) in [5.41, 5.74) is 3.03. The second-order valence-electron chi connectivity index (χ2n) is 5.91. The van der Waals surface area contributed by atoms with Gasteiger partial charge < -0.3 is 10.2 Å². The molecule has 0 saturated heterocycles. The van der Waals surface area contributed by atoms with E-state index >= 15 is 0 Å². The Morgan fingerprint density at radius 1 is 1.08 bits per heavy atom. The highest BCUT2D eigenvalue weighted by Gasteiger charge is 2.14. The monoisotopic (exact) mass is 365 g/mol. The Balaban J connectivity index is 1.66. The molecule has 1 aromatic carbocycles. The van der Waals surface area contributed by atoms with Crippen LogP contribution in [0.5, 0.6) is 0 Å². The number of hydrogen-bond donors (Lipinski definition) is 1. The highest BCUT2D eigenvalue weighted by molar-refractivity contribution is 7.12. The number of nitrogens with one attached hydrogen (secondary N) is 1. The molecule has 4 nitrogen and oxygen atoms in total. The van der Waals surface area contributed by atoms with Crippen molar-refractivity contribution in [1.29, 1.82) is 0 Å². The smallest absolute Gasteiger partial charge is 0.262 e. The van der Waals surface area contributed by atoms with Crippen LogP contribution in [0.1, 0.15) is 29.1 Å².